The van der Waals surface area contributed by atoms with Gasteiger partial charge in [0.1, 0.15) is 0 Å². The van der Waals surface area contributed by atoms with Crippen molar-refractivity contribution in [2.45, 2.75) is 18.9 Å². The van der Waals surface area contributed by atoms with Crippen LogP contribution in [0.2, 0.25) is 0 Å². The Morgan fingerprint density at radius 2 is 1.68 bits per heavy atom. The fourth-order valence-electron chi connectivity index (χ4n) is 2.26. The summed E-state index contributed by atoms with van der Waals surface area (Å²) >= 11 is 0. The van der Waals surface area contributed by atoms with E-state index in [1.54, 1.807) is 6.92 Å². The van der Waals surface area contributed by atoms with E-state index in [2.05, 4.69) is 5.32 Å². The molecule has 116 valence electrons. The van der Waals surface area contributed by atoms with Gasteiger partial charge in [-0.1, -0.05) is 30.3 Å². The van der Waals surface area contributed by atoms with E-state index in [0.717, 1.165) is 16.9 Å². The minimum atomic E-state index is -1.19. The molecule has 2 aromatic rings. The Labute approximate surface area is 131 Å². The zero-order valence-corrected chi connectivity index (χ0v) is 13.2. The van der Waals surface area contributed by atoms with Crippen LogP contribution < -0.4 is 10.2 Å². The first-order chi connectivity index (χ1) is 10.4. The van der Waals surface area contributed by atoms with Crippen LogP contribution in [0.5, 0.6) is 0 Å². The highest BCUT2D eigenvalue weighted by Crippen LogP contribution is 2.25. The van der Waals surface area contributed by atoms with Crippen molar-refractivity contribution >= 4 is 17.3 Å². The van der Waals surface area contributed by atoms with Crippen LogP contribution in [0.1, 0.15) is 18.9 Å². The number of carbonyl (C=O) groups excluding carboxylic acids is 1. The second kappa shape index (κ2) is 6.62. The van der Waals surface area contributed by atoms with Crippen LogP contribution in [0.15, 0.2) is 54.6 Å². The predicted octanol–water partition coefficient (Wildman–Crippen LogP) is 2.99. The van der Waals surface area contributed by atoms with E-state index in [1.807, 2.05) is 73.6 Å². The first-order valence-corrected chi connectivity index (χ1v) is 7.23. The van der Waals surface area contributed by atoms with E-state index >= 15 is 0 Å². The van der Waals surface area contributed by atoms with E-state index in [1.165, 1.54) is 0 Å². The monoisotopic (exact) mass is 298 g/mol. The molecule has 2 N–H and O–H groups in total. The van der Waals surface area contributed by atoms with Crippen LogP contribution in [0.4, 0.5) is 11.4 Å². The molecule has 0 fully saturated rings. The average molecular weight is 298 g/mol. The third-order valence-corrected chi connectivity index (χ3v) is 3.57. The SMILES string of the molecule is CN(C)c1ccc(NC(=O)CC(C)(O)c2ccccc2)cc1. The minimum Gasteiger partial charge on any atom is -0.385 e. The van der Waals surface area contributed by atoms with Crippen LogP contribution in [0.25, 0.3) is 0 Å². The lowest BCUT2D eigenvalue weighted by Crippen LogP contribution is -2.28. The Morgan fingerprint density at radius 1 is 1.09 bits per heavy atom. The van der Waals surface area contributed by atoms with Crippen molar-refractivity contribution in [3.8, 4) is 0 Å². The van der Waals surface area contributed by atoms with Crippen LogP contribution in [-0.2, 0) is 10.4 Å². The number of nitrogens with zero attached hydrogens (tertiary/aromatic N) is 1. The van der Waals surface area contributed by atoms with E-state index in [4.69, 9.17) is 0 Å². The van der Waals surface area contributed by atoms with E-state index in [0.29, 0.717) is 0 Å². The molecule has 0 radical (unpaired) electrons. The Hall–Kier alpha value is -2.33. The van der Waals surface area contributed by atoms with E-state index in [-0.39, 0.29) is 12.3 Å². The fraction of sp³-hybridized carbons (Fsp3) is 0.278. The van der Waals surface area contributed by atoms with Gasteiger partial charge in [0, 0.05) is 25.5 Å². The molecule has 2 rings (SSSR count). The molecular formula is C18H22N2O2. The molecule has 0 spiro atoms. The van der Waals surface area contributed by atoms with Gasteiger partial charge in [-0.05, 0) is 36.8 Å². The fourth-order valence-corrected chi connectivity index (χ4v) is 2.26. The van der Waals surface area contributed by atoms with Gasteiger partial charge >= 0.3 is 0 Å². The number of nitrogens with one attached hydrogen (secondary N) is 1. The zero-order chi connectivity index (χ0) is 16.2. The summed E-state index contributed by atoms with van der Waals surface area (Å²) in [4.78, 5) is 14.1. The maximum atomic E-state index is 12.1. The van der Waals surface area contributed by atoms with Crippen molar-refractivity contribution in [3.05, 3.63) is 60.2 Å². The number of rotatable bonds is 5. The first-order valence-electron chi connectivity index (χ1n) is 7.23. The average Bonchev–Trinajstić information content (AvgIpc) is 2.48. The second-order valence-electron chi connectivity index (χ2n) is 5.81. The molecule has 0 heterocycles. The van der Waals surface area contributed by atoms with Gasteiger partial charge < -0.3 is 15.3 Å². The van der Waals surface area contributed by atoms with Crippen LogP contribution >= 0.6 is 0 Å². The number of aliphatic hydroxyl groups is 1. The van der Waals surface area contributed by atoms with Gasteiger partial charge in [0.25, 0.3) is 0 Å². The van der Waals surface area contributed by atoms with Gasteiger partial charge in [0.2, 0.25) is 5.91 Å². The Bertz CT molecular complexity index is 619. The Kier molecular flexibility index (Phi) is 4.83. The number of carbonyl (C=O) groups is 1. The highest BCUT2D eigenvalue weighted by molar-refractivity contribution is 5.91. The topological polar surface area (TPSA) is 52.6 Å². The van der Waals surface area contributed by atoms with Crippen LogP contribution in [-0.4, -0.2) is 25.1 Å². The molecule has 0 aliphatic carbocycles. The highest BCUT2D eigenvalue weighted by Gasteiger charge is 2.26. The van der Waals surface area contributed by atoms with Crippen molar-refractivity contribution in [3.63, 3.8) is 0 Å². The number of hydrogen-bond acceptors (Lipinski definition) is 3. The molecule has 1 atom stereocenters. The number of anilines is 2. The summed E-state index contributed by atoms with van der Waals surface area (Å²) < 4.78 is 0. The van der Waals surface area contributed by atoms with E-state index < -0.39 is 5.60 Å². The quantitative estimate of drug-likeness (QED) is 0.892. The normalized spacial score (nSPS) is 13.3. The molecule has 1 amide bonds. The molecule has 0 saturated heterocycles. The summed E-state index contributed by atoms with van der Waals surface area (Å²) in [6.45, 7) is 1.65. The van der Waals surface area contributed by atoms with E-state index in [9.17, 15) is 9.90 Å². The van der Waals surface area contributed by atoms with Gasteiger partial charge in [0.15, 0.2) is 0 Å². The zero-order valence-electron chi connectivity index (χ0n) is 13.2. The lowest BCUT2D eigenvalue weighted by atomic mass is 9.92. The smallest absolute Gasteiger partial charge is 0.227 e. The molecule has 4 nitrogen and oxygen atoms in total. The molecule has 0 aliphatic rings. The van der Waals surface area contributed by atoms with Crippen molar-refractivity contribution in [1.29, 1.82) is 0 Å². The summed E-state index contributed by atoms with van der Waals surface area (Å²) in [6, 6.07) is 16.8. The molecule has 0 aliphatic heterocycles. The largest absolute Gasteiger partial charge is 0.385 e. The molecule has 0 aromatic heterocycles. The molecule has 4 heteroatoms. The molecule has 1 unspecified atom stereocenters. The summed E-state index contributed by atoms with van der Waals surface area (Å²) in [5, 5.41) is 13.3. The lowest BCUT2D eigenvalue weighted by molar-refractivity contribution is -0.120. The summed E-state index contributed by atoms with van der Waals surface area (Å²) in [5.74, 6) is -0.216. The second-order valence-corrected chi connectivity index (χ2v) is 5.81. The van der Waals surface area contributed by atoms with Crippen LogP contribution in [0.3, 0.4) is 0 Å². The third kappa shape index (κ3) is 4.09. The molecule has 22 heavy (non-hydrogen) atoms. The summed E-state index contributed by atoms with van der Waals surface area (Å²) in [6.07, 6.45) is 0.00639. The van der Waals surface area contributed by atoms with Gasteiger partial charge in [-0.15, -0.1) is 0 Å². The molecule has 0 saturated carbocycles. The summed E-state index contributed by atoms with van der Waals surface area (Å²) in [7, 11) is 3.93. The van der Waals surface area contributed by atoms with Crippen molar-refractivity contribution in [1.82, 2.24) is 0 Å². The lowest BCUT2D eigenvalue weighted by Gasteiger charge is -2.23. The third-order valence-electron chi connectivity index (χ3n) is 3.57. The van der Waals surface area contributed by atoms with Crippen LogP contribution in [0, 0.1) is 0 Å². The van der Waals surface area contributed by atoms with Crippen molar-refractivity contribution in [2.75, 3.05) is 24.3 Å². The molecular weight excluding hydrogens is 276 g/mol. The van der Waals surface area contributed by atoms with Gasteiger partial charge in [-0.3, -0.25) is 4.79 Å². The molecule has 0 bridgehead atoms. The Morgan fingerprint density at radius 3 is 2.23 bits per heavy atom. The van der Waals surface area contributed by atoms with Gasteiger partial charge in [-0.2, -0.15) is 0 Å². The van der Waals surface area contributed by atoms with Gasteiger partial charge in [-0.25, -0.2) is 0 Å². The minimum absolute atomic E-state index is 0.00639. The number of hydrogen-bond donors (Lipinski definition) is 2. The first kappa shape index (κ1) is 16.0. The summed E-state index contributed by atoms with van der Waals surface area (Å²) in [5.41, 5.74) is 1.33. The molecule has 2 aromatic carbocycles. The maximum Gasteiger partial charge on any atom is 0.227 e. The number of benzene rings is 2. The maximum absolute atomic E-state index is 12.1. The highest BCUT2D eigenvalue weighted by atomic mass is 16.3. The van der Waals surface area contributed by atoms with Crippen molar-refractivity contribution < 1.29 is 9.90 Å². The number of amides is 1. The van der Waals surface area contributed by atoms with Crippen molar-refractivity contribution in [2.24, 2.45) is 0 Å². The Balaban J connectivity index is 2.00. The van der Waals surface area contributed by atoms with Gasteiger partial charge in [0.05, 0.1) is 12.0 Å². The standard InChI is InChI=1S/C18H22N2O2/c1-18(22,14-7-5-4-6-8-14)13-17(21)19-15-9-11-16(12-10-15)20(2)3/h4-12,22H,13H2,1-3H3,(H,19,21). The predicted molar refractivity (Wildman–Crippen MR) is 90.0 cm³/mol.